The molecule has 0 aromatic carbocycles. The zero-order valence-electron chi connectivity index (χ0n) is 6.19. The van der Waals surface area contributed by atoms with Crippen molar-refractivity contribution in [2.75, 3.05) is 0 Å². The minimum absolute atomic E-state index is 0.230. The fourth-order valence-electron chi connectivity index (χ4n) is 1.07. The number of halogens is 1. The van der Waals surface area contributed by atoms with Crippen LogP contribution in [0, 0.1) is 0 Å². The average Bonchev–Trinajstić information content (AvgIpc) is 1.78. The van der Waals surface area contributed by atoms with Gasteiger partial charge in [0.2, 0.25) is 0 Å². The molecule has 1 rings (SSSR count). The van der Waals surface area contributed by atoms with E-state index in [9.17, 15) is 5.11 Å². The van der Waals surface area contributed by atoms with Crippen LogP contribution in [0.2, 0.25) is 0 Å². The first-order valence-electron chi connectivity index (χ1n) is 3.28. The van der Waals surface area contributed by atoms with E-state index < -0.39 is 0 Å². The van der Waals surface area contributed by atoms with E-state index in [1.165, 1.54) is 5.57 Å². The zero-order valence-corrected chi connectivity index (χ0v) is 7.77. The second-order valence-corrected chi connectivity index (χ2v) is 4.69. The first-order chi connectivity index (χ1) is 4.52. The van der Waals surface area contributed by atoms with Gasteiger partial charge in [-0.2, -0.15) is 0 Å². The summed E-state index contributed by atoms with van der Waals surface area (Å²) in [6, 6.07) is 0. The summed E-state index contributed by atoms with van der Waals surface area (Å²) in [7, 11) is 0. The molecule has 2 heteroatoms. The van der Waals surface area contributed by atoms with Crippen LogP contribution < -0.4 is 0 Å². The quantitative estimate of drug-likeness (QED) is 0.600. The summed E-state index contributed by atoms with van der Waals surface area (Å²) >= 11 is 3.44. The normalized spacial score (nSPS) is 33.1. The molecule has 10 heavy (non-hydrogen) atoms. The first kappa shape index (κ1) is 7.86. The van der Waals surface area contributed by atoms with Crippen molar-refractivity contribution in [2.24, 2.45) is 0 Å². The summed E-state index contributed by atoms with van der Waals surface area (Å²) in [6.45, 7) is 4.03. The molecule has 0 fully saturated rings. The number of aliphatic hydroxyl groups is 1. The Bertz CT molecular complexity index is 201. The summed E-state index contributed by atoms with van der Waals surface area (Å²) in [5.41, 5.74) is 1.29. The summed E-state index contributed by atoms with van der Waals surface area (Å²) in [5, 5.41) is 9.32. The van der Waals surface area contributed by atoms with Crippen LogP contribution in [0.15, 0.2) is 23.5 Å². The molecule has 0 saturated heterocycles. The van der Waals surface area contributed by atoms with E-state index >= 15 is 0 Å². The molecule has 0 aliphatic heterocycles. The standard InChI is InChI=1S/C8H11BrO/c1-6-3-4-7(10)8(2,9)5-6/h3-4,10H,5H2,1-2H3/t8-/m0/s1. The summed E-state index contributed by atoms with van der Waals surface area (Å²) in [4.78, 5) is 0. The van der Waals surface area contributed by atoms with E-state index in [4.69, 9.17) is 0 Å². The molecular weight excluding hydrogens is 192 g/mol. The number of alkyl halides is 1. The molecule has 0 unspecified atom stereocenters. The lowest BCUT2D eigenvalue weighted by Crippen LogP contribution is -2.21. The van der Waals surface area contributed by atoms with Gasteiger partial charge in [0.1, 0.15) is 5.76 Å². The van der Waals surface area contributed by atoms with E-state index in [-0.39, 0.29) is 4.32 Å². The molecule has 1 atom stereocenters. The molecule has 0 aromatic heterocycles. The second-order valence-electron chi connectivity index (χ2n) is 2.94. The van der Waals surface area contributed by atoms with Gasteiger partial charge in [0.25, 0.3) is 0 Å². The third kappa shape index (κ3) is 1.43. The molecule has 0 spiro atoms. The Kier molecular flexibility index (Phi) is 1.90. The van der Waals surface area contributed by atoms with Crippen LogP contribution >= 0.6 is 15.9 Å². The van der Waals surface area contributed by atoms with E-state index in [1.54, 1.807) is 6.08 Å². The van der Waals surface area contributed by atoms with Crippen LogP contribution in [0.1, 0.15) is 20.3 Å². The molecule has 1 N–H and O–H groups in total. The Morgan fingerprint density at radius 3 is 2.60 bits per heavy atom. The topological polar surface area (TPSA) is 20.2 Å². The highest BCUT2D eigenvalue weighted by Crippen LogP contribution is 2.34. The molecule has 0 amide bonds. The lowest BCUT2D eigenvalue weighted by Gasteiger charge is -2.24. The van der Waals surface area contributed by atoms with Gasteiger partial charge >= 0.3 is 0 Å². The van der Waals surface area contributed by atoms with Crippen molar-refractivity contribution in [1.82, 2.24) is 0 Å². The van der Waals surface area contributed by atoms with E-state index in [2.05, 4.69) is 22.9 Å². The molecule has 0 aromatic rings. The molecule has 0 bridgehead atoms. The van der Waals surface area contributed by atoms with Gasteiger partial charge in [-0.3, -0.25) is 0 Å². The average molecular weight is 203 g/mol. The van der Waals surface area contributed by atoms with Crippen LogP contribution in [0.3, 0.4) is 0 Å². The molecule has 1 nitrogen and oxygen atoms in total. The lowest BCUT2D eigenvalue weighted by atomic mass is 9.95. The number of aliphatic hydroxyl groups excluding tert-OH is 1. The maximum Gasteiger partial charge on any atom is 0.109 e. The number of allylic oxidation sites excluding steroid dienone is 4. The van der Waals surface area contributed by atoms with Gasteiger partial charge in [-0.05, 0) is 26.3 Å². The van der Waals surface area contributed by atoms with Crippen molar-refractivity contribution in [3.63, 3.8) is 0 Å². The van der Waals surface area contributed by atoms with Crippen LogP contribution in [0.4, 0.5) is 0 Å². The van der Waals surface area contributed by atoms with Gasteiger partial charge in [-0.1, -0.05) is 27.6 Å². The van der Waals surface area contributed by atoms with Gasteiger partial charge in [-0.15, -0.1) is 0 Å². The van der Waals surface area contributed by atoms with Crippen molar-refractivity contribution in [1.29, 1.82) is 0 Å². The third-order valence-corrected chi connectivity index (χ3v) is 2.36. The smallest absolute Gasteiger partial charge is 0.109 e. The van der Waals surface area contributed by atoms with Gasteiger partial charge in [0, 0.05) is 0 Å². The zero-order chi connectivity index (χ0) is 7.78. The molecule has 0 radical (unpaired) electrons. The highest BCUT2D eigenvalue weighted by molar-refractivity contribution is 9.10. The van der Waals surface area contributed by atoms with Gasteiger partial charge in [0.15, 0.2) is 0 Å². The fraction of sp³-hybridized carbons (Fsp3) is 0.500. The molecule has 0 heterocycles. The monoisotopic (exact) mass is 202 g/mol. The van der Waals surface area contributed by atoms with Crippen LogP contribution in [-0.2, 0) is 0 Å². The molecule has 56 valence electrons. The minimum Gasteiger partial charge on any atom is -0.511 e. The largest absolute Gasteiger partial charge is 0.511 e. The predicted molar refractivity (Wildman–Crippen MR) is 46.4 cm³/mol. The van der Waals surface area contributed by atoms with Gasteiger partial charge in [-0.25, -0.2) is 0 Å². The summed E-state index contributed by atoms with van der Waals surface area (Å²) in [5.74, 6) is 0.415. The Morgan fingerprint density at radius 2 is 2.20 bits per heavy atom. The van der Waals surface area contributed by atoms with Gasteiger partial charge in [0.05, 0.1) is 4.32 Å². The van der Waals surface area contributed by atoms with Crippen molar-refractivity contribution in [2.45, 2.75) is 24.6 Å². The molecule has 0 saturated carbocycles. The Balaban J connectivity index is 2.89. The van der Waals surface area contributed by atoms with Gasteiger partial charge < -0.3 is 5.11 Å². The Labute approximate surface area is 69.6 Å². The SMILES string of the molecule is CC1=CC=C(O)[C@@](C)(Br)C1. The fourth-order valence-corrected chi connectivity index (χ4v) is 1.64. The number of hydrogen-bond acceptors (Lipinski definition) is 1. The van der Waals surface area contributed by atoms with E-state index in [0.717, 1.165) is 6.42 Å². The van der Waals surface area contributed by atoms with Crippen molar-refractivity contribution in [3.05, 3.63) is 23.5 Å². The number of hydrogen-bond donors (Lipinski definition) is 1. The molecular formula is C8H11BrO. The van der Waals surface area contributed by atoms with Crippen molar-refractivity contribution in [3.8, 4) is 0 Å². The third-order valence-electron chi connectivity index (χ3n) is 1.67. The second kappa shape index (κ2) is 2.42. The Hall–Kier alpha value is -0.240. The van der Waals surface area contributed by atoms with Crippen molar-refractivity contribution < 1.29 is 5.11 Å². The first-order valence-corrected chi connectivity index (χ1v) is 4.07. The van der Waals surface area contributed by atoms with Crippen LogP contribution in [0.25, 0.3) is 0 Å². The predicted octanol–water partition coefficient (Wildman–Crippen LogP) is 2.93. The van der Waals surface area contributed by atoms with Crippen molar-refractivity contribution >= 4 is 15.9 Å². The minimum atomic E-state index is -0.230. The van der Waals surface area contributed by atoms with Crippen LogP contribution in [0.5, 0.6) is 0 Å². The lowest BCUT2D eigenvalue weighted by molar-refractivity contribution is 0.357. The van der Waals surface area contributed by atoms with E-state index in [1.807, 2.05) is 13.0 Å². The summed E-state index contributed by atoms with van der Waals surface area (Å²) in [6.07, 6.45) is 4.57. The highest BCUT2D eigenvalue weighted by atomic mass is 79.9. The van der Waals surface area contributed by atoms with E-state index in [0.29, 0.717) is 5.76 Å². The van der Waals surface area contributed by atoms with Crippen LogP contribution in [-0.4, -0.2) is 9.43 Å². The maximum atomic E-state index is 9.32. The Morgan fingerprint density at radius 1 is 1.60 bits per heavy atom. The summed E-state index contributed by atoms with van der Waals surface area (Å²) < 4.78 is -0.230. The molecule has 1 aliphatic rings. The maximum absolute atomic E-state index is 9.32. The highest BCUT2D eigenvalue weighted by Gasteiger charge is 2.27. The molecule has 1 aliphatic carbocycles. The number of rotatable bonds is 0.